The molecule has 1 spiro atoms. The van der Waals surface area contributed by atoms with Gasteiger partial charge >= 0.3 is 0 Å². The first-order chi connectivity index (χ1) is 16.6. The van der Waals surface area contributed by atoms with Crippen molar-refractivity contribution in [2.75, 3.05) is 41.3 Å². The summed E-state index contributed by atoms with van der Waals surface area (Å²) in [6.07, 6.45) is 5.57. The van der Waals surface area contributed by atoms with E-state index >= 15 is 0 Å². The van der Waals surface area contributed by atoms with Crippen molar-refractivity contribution in [2.45, 2.75) is 62.9 Å². The monoisotopic (exact) mass is 500 g/mol. The number of nitrogens with zero attached hydrogens (tertiary/aromatic N) is 4. The fraction of sp³-hybridized carbons (Fsp3) is 0.560. The lowest BCUT2D eigenvalue weighted by molar-refractivity contribution is 0.102. The highest BCUT2D eigenvalue weighted by molar-refractivity contribution is 7.73. The number of halogens is 1. The highest BCUT2D eigenvalue weighted by atomic mass is 32.2. The molecule has 1 aromatic heterocycles. The Bertz CT molecular complexity index is 1200. The molecule has 3 aliphatic rings. The van der Waals surface area contributed by atoms with Crippen LogP contribution in [0.15, 0.2) is 29.2 Å². The number of hydrogen-bond donors (Lipinski definition) is 3. The first-order valence-electron chi connectivity index (χ1n) is 12.3. The van der Waals surface area contributed by atoms with Crippen LogP contribution in [0.2, 0.25) is 0 Å². The van der Waals surface area contributed by atoms with Crippen molar-refractivity contribution in [1.82, 2.24) is 9.97 Å². The Balaban J connectivity index is 1.38. The molecular formula is C25H33FN6O2S. The van der Waals surface area contributed by atoms with Gasteiger partial charge in [-0.15, -0.1) is 0 Å². The third-order valence-electron chi connectivity index (χ3n) is 7.76. The molecule has 35 heavy (non-hydrogen) atoms. The number of alkyl halides is 1. The fourth-order valence-corrected chi connectivity index (χ4v) is 5.56. The van der Waals surface area contributed by atoms with Crippen molar-refractivity contribution in [3.05, 3.63) is 35.5 Å². The van der Waals surface area contributed by atoms with Gasteiger partial charge in [0.15, 0.2) is 0 Å². The zero-order chi connectivity index (χ0) is 24.8. The van der Waals surface area contributed by atoms with Gasteiger partial charge in [0.1, 0.15) is 11.5 Å². The molecule has 3 fully saturated rings. The number of nitrogens with one attached hydrogen (secondary N) is 2. The summed E-state index contributed by atoms with van der Waals surface area (Å²) in [5.74, 6) is 0.573. The Morgan fingerprint density at radius 2 is 1.69 bits per heavy atom. The number of amides is 1. The molecule has 2 N–H and O–H groups in total. The minimum Gasteiger partial charge on any atom is -0.371 e. The lowest BCUT2D eigenvalue weighted by Crippen LogP contribution is -2.41. The standard InChI is InChI=1S/C25H33FN6O2S/c1-17-15-21(30-23(28-17)32-11-7-24(2,26)8-12-32)29-22(33)19-4-3-18(35(27)34)16-20(19)31-13-9-25(5-6-25)10-14-31/h3-4,15-16,27,35H,5-14H2,1-2H3,(H,28,29,30,33). The van der Waals surface area contributed by atoms with Gasteiger partial charge in [-0.2, -0.15) is 4.98 Å². The Morgan fingerprint density at radius 3 is 2.31 bits per heavy atom. The van der Waals surface area contributed by atoms with Gasteiger partial charge in [-0.05, 0) is 76.0 Å². The second-order valence-corrected chi connectivity index (χ2v) is 11.6. The van der Waals surface area contributed by atoms with E-state index in [9.17, 15) is 13.4 Å². The Hall–Kier alpha value is -2.75. The lowest BCUT2D eigenvalue weighted by Gasteiger charge is -2.35. The van der Waals surface area contributed by atoms with Crippen LogP contribution >= 0.6 is 0 Å². The van der Waals surface area contributed by atoms with Gasteiger partial charge in [-0.1, -0.05) is 0 Å². The van der Waals surface area contributed by atoms with E-state index < -0.39 is 16.3 Å². The summed E-state index contributed by atoms with van der Waals surface area (Å²) >= 11 is 0. The molecule has 3 heterocycles. The Labute approximate surface area is 207 Å². The molecule has 1 aliphatic carbocycles. The third-order valence-corrected chi connectivity index (χ3v) is 8.50. The van der Waals surface area contributed by atoms with E-state index in [-0.39, 0.29) is 5.91 Å². The molecule has 1 aromatic carbocycles. The molecule has 8 nitrogen and oxygen atoms in total. The first kappa shape index (κ1) is 24.0. The van der Waals surface area contributed by atoms with Crippen LogP contribution in [-0.4, -0.2) is 51.9 Å². The van der Waals surface area contributed by atoms with Crippen molar-refractivity contribution >= 4 is 34.0 Å². The second-order valence-electron chi connectivity index (χ2n) is 10.5. The third kappa shape index (κ3) is 5.27. The van der Waals surface area contributed by atoms with E-state index in [4.69, 9.17) is 4.78 Å². The van der Waals surface area contributed by atoms with Crippen molar-refractivity contribution in [3.63, 3.8) is 0 Å². The van der Waals surface area contributed by atoms with Crippen LogP contribution in [0, 0.1) is 17.1 Å². The topological polar surface area (TPSA) is 102 Å². The number of thiol groups is 1. The van der Waals surface area contributed by atoms with Crippen LogP contribution in [0.3, 0.4) is 0 Å². The molecule has 0 bridgehead atoms. The maximum atomic E-state index is 14.2. The van der Waals surface area contributed by atoms with Crippen LogP contribution in [-0.2, 0) is 10.6 Å². The molecule has 10 heteroatoms. The van der Waals surface area contributed by atoms with Crippen LogP contribution in [0.25, 0.3) is 0 Å². The molecular weight excluding hydrogens is 467 g/mol. The molecule has 2 aromatic rings. The van der Waals surface area contributed by atoms with E-state index in [0.29, 0.717) is 59.3 Å². The number of piperidine rings is 2. The Kier molecular flexibility index (Phi) is 6.19. The highest BCUT2D eigenvalue weighted by Gasteiger charge is 2.44. The van der Waals surface area contributed by atoms with Gasteiger partial charge in [0.25, 0.3) is 5.91 Å². The zero-order valence-corrected chi connectivity index (χ0v) is 21.2. The minimum atomic E-state index is -2.25. The van der Waals surface area contributed by atoms with Gasteiger partial charge < -0.3 is 15.1 Å². The average Bonchev–Trinajstić information content (AvgIpc) is 3.57. The van der Waals surface area contributed by atoms with Gasteiger partial charge in [0.2, 0.25) is 5.95 Å². The minimum absolute atomic E-state index is 0.308. The predicted octanol–water partition coefficient (Wildman–Crippen LogP) is 4.35. The number of anilines is 3. The molecule has 1 unspecified atom stereocenters. The van der Waals surface area contributed by atoms with Crippen molar-refractivity contribution in [3.8, 4) is 0 Å². The van der Waals surface area contributed by atoms with E-state index in [1.165, 1.54) is 12.8 Å². The number of aryl methyl sites for hydroxylation is 1. The summed E-state index contributed by atoms with van der Waals surface area (Å²) in [6.45, 7) is 6.21. The molecule has 2 aliphatic heterocycles. The van der Waals surface area contributed by atoms with Gasteiger partial charge in [0.05, 0.1) is 21.8 Å². The molecule has 0 radical (unpaired) electrons. The molecule has 1 amide bonds. The summed E-state index contributed by atoms with van der Waals surface area (Å²) in [6, 6.07) is 6.70. The van der Waals surface area contributed by atoms with Gasteiger partial charge in [-0.3, -0.25) is 9.57 Å². The maximum absolute atomic E-state index is 14.2. The summed E-state index contributed by atoms with van der Waals surface area (Å²) in [5.41, 5.74) is 1.22. The van der Waals surface area contributed by atoms with Gasteiger partial charge in [-0.25, -0.2) is 13.6 Å². The Morgan fingerprint density at radius 1 is 1.03 bits per heavy atom. The molecule has 188 valence electrons. The largest absolute Gasteiger partial charge is 0.371 e. The van der Waals surface area contributed by atoms with E-state index in [0.717, 1.165) is 31.6 Å². The van der Waals surface area contributed by atoms with Crippen molar-refractivity contribution in [1.29, 1.82) is 4.78 Å². The molecule has 1 saturated carbocycles. The van der Waals surface area contributed by atoms with Crippen LogP contribution < -0.4 is 15.1 Å². The van der Waals surface area contributed by atoms with Crippen molar-refractivity contribution < 1.29 is 13.4 Å². The van der Waals surface area contributed by atoms with Crippen molar-refractivity contribution in [2.24, 2.45) is 5.41 Å². The van der Waals surface area contributed by atoms with Gasteiger partial charge in [0, 0.05) is 42.8 Å². The lowest BCUT2D eigenvalue weighted by atomic mass is 9.93. The molecule has 1 atom stereocenters. The van der Waals surface area contributed by atoms with Crippen LogP contribution in [0.4, 0.5) is 21.8 Å². The SMILES string of the molecule is Cc1cc(NC(=O)c2ccc([SH](=N)=O)cc2N2CCC3(CC2)CC3)nc(N2CCC(C)(F)CC2)n1. The van der Waals surface area contributed by atoms with Crippen LogP contribution in [0.1, 0.15) is 61.5 Å². The number of hydrogen-bond acceptors (Lipinski definition) is 7. The predicted molar refractivity (Wildman–Crippen MR) is 136 cm³/mol. The second kappa shape index (κ2) is 9.04. The number of aromatic nitrogens is 2. The number of rotatable bonds is 5. The quantitative estimate of drug-likeness (QED) is 0.528. The maximum Gasteiger partial charge on any atom is 0.258 e. The zero-order valence-electron chi connectivity index (χ0n) is 20.3. The molecule has 5 rings (SSSR count). The number of carbonyl (C=O) groups excluding carboxylic acids is 1. The fourth-order valence-electron chi connectivity index (χ4n) is 5.11. The van der Waals surface area contributed by atoms with Crippen LogP contribution in [0.5, 0.6) is 0 Å². The summed E-state index contributed by atoms with van der Waals surface area (Å²) in [5, 5.41) is 2.91. The van der Waals surface area contributed by atoms with E-state index in [2.05, 4.69) is 20.2 Å². The summed E-state index contributed by atoms with van der Waals surface area (Å²) in [7, 11) is -2.25. The average molecular weight is 501 g/mol. The molecule has 2 saturated heterocycles. The number of benzene rings is 1. The smallest absolute Gasteiger partial charge is 0.258 e. The van der Waals surface area contributed by atoms with E-state index in [1.807, 2.05) is 11.8 Å². The first-order valence-corrected chi connectivity index (χ1v) is 13.6. The normalized spacial score (nSPS) is 21.6. The summed E-state index contributed by atoms with van der Waals surface area (Å²) < 4.78 is 33.8. The highest BCUT2D eigenvalue weighted by Crippen LogP contribution is 2.54. The number of carbonyl (C=O) groups is 1. The van der Waals surface area contributed by atoms with E-state index in [1.54, 1.807) is 31.2 Å². The summed E-state index contributed by atoms with van der Waals surface area (Å²) in [4.78, 5) is 27.0.